The molecule has 5 aromatic carbocycles. The van der Waals surface area contributed by atoms with E-state index in [-0.39, 0.29) is 61.5 Å². The summed E-state index contributed by atoms with van der Waals surface area (Å²) in [6, 6.07) is 17.7. The van der Waals surface area contributed by atoms with E-state index in [1.165, 1.54) is 45.0 Å². The van der Waals surface area contributed by atoms with Gasteiger partial charge in [0.15, 0.2) is 40.0 Å². The molecule has 9 heterocycles. The monoisotopic (exact) mass is 1230 g/mol. The number of carbonyl (C=O) groups excluding carboxylic acids is 4. The molecule has 1 N–H and O–H groups in total. The van der Waals surface area contributed by atoms with Gasteiger partial charge in [-0.25, -0.2) is 14.4 Å². The quantitative estimate of drug-likeness (QED) is 0.0762. The second kappa shape index (κ2) is 22.5. The number of aryl methyl sites for hydroxylation is 1. The fourth-order valence-corrected chi connectivity index (χ4v) is 15.9. The molecule has 22 nitrogen and oxygen atoms in total. The Hall–Kier alpha value is -9.08. The molecule has 89 heavy (non-hydrogen) atoms. The fourth-order valence-electron chi connectivity index (χ4n) is 14.2. The van der Waals surface area contributed by atoms with Gasteiger partial charge in [0.25, 0.3) is 0 Å². The summed E-state index contributed by atoms with van der Waals surface area (Å²) >= 11 is 1.39. The number of nitrogens with zero attached hydrogens (tertiary/aromatic N) is 5. The van der Waals surface area contributed by atoms with Crippen molar-refractivity contribution in [2.75, 3.05) is 85.0 Å². The van der Waals surface area contributed by atoms with Gasteiger partial charge < -0.3 is 56.5 Å². The van der Waals surface area contributed by atoms with Gasteiger partial charge >= 0.3 is 35.1 Å². The van der Waals surface area contributed by atoms with Gasteiger partial charge in [-0.2, -0.15) is 5.26 Å². The van der Waals surface area contributed by atoms with Crippen LogP contribution in [0, 0.1) is 25.2 Å². The van der Waals surface area contributed by atoms with E-state index in [1.54, 1.807) is 43.3 Å². The third-order valence-corrected chi connectivity index (χ3v) is 19.6. The van der Waals surface area contributed by atoms with Gasteiger partial charge in [-0.05, 0) is 104 Å². The number of piperazine rings is 1. The van der Waals surface area contributed by atoms with Gasteiger partial charge in [0.05, 0.1) is 50.5 Å². The Balaban J connectivity index is 0.932. The third-order valence-electron chi connectivity index (χ3n) is 18.2. The van der Waals surface area contributed by atoms with Crippen LogP contribution in [0.15, 0.2) is 85.2 Å². The van der Waals surface area contributed by atoms with E-state index in [0.29, 0.717) is 102 Å². The molecule has 7 aromatic rings. The predicted octanol–water partition coefficient (Wildman–Crippen LogP) is 7.22. The maximum Gasteiger partial charge on any atom is 0.336 e. The maximum atomic E-state index is 15.6. The molecule has 1 unspecified atom stereocenters. The number of rotatable bonds is 11. The zero-order chi connectivity index (χ0) is 62.6. The van der Waals surface area contributed by atoms with E-state index >= 15 is 4.79 Å². The first kappa shape index (κ1) is 58.9. The van der Waals surface area contributed by atoms with Gasteiger partial charge in [-0.1, -0.05) is 6.07 Å². The average molecular weight is 1230 g/mol. The Bertz CT molecular complexity index is 4340. The summed E-state index contributed by atoms with van der Waals surface area (Å²) in [5.74, 6) is -0.941. The summed E-state index contributed by atoms with van der Waals surface area (Å²) in [7, 11) is 12.4. The molecule has 2 aromatic heterocycles. The molecule has 23 heteroatoms. The van der Waals surface area contributed by atoms with Crippen LogP contribution in [0.3, 0.4) is 0 Å². The number of nitrogens with one attached hydrogen (secondary N) is 1. The molecular weight excluding hydrogens is 1160 g/mol. The van der Waals surface area contributed by atoms with Crippen LogP contribution in [0.4, 0.5) is 11.4 Å². The third kappa shape index (κ3) is 9.74. The first-order valence-electron chi connectivity index (χ1n) is 29.1. The molecule has 0 saturated carbocycles. The van der Waals surface area contributed by atoms with Crippen molar-refractivity contribution in [1.82, 2.24) is 15.1 Å². The lowest BCUT2D eigenvalue weighted by Gasteiger charge is -2.62. The zero-order valence-corrected chi connectivity index (χ0v) is 51.5. The smallest absolute Gasteiger partial charge is 0.336 e. The standard InChI is InChI=1S/C66H64N6O16S/c1-31-17-37-18-43-44(27-67)72-45-28-81-65(78)66(42-26-48(79-9)49(19-34(42)15-16-68-66)87-52(76)22-35-20-50(74)85-46-24-38(69(4)5)11-13-40(35)46)29-89-64(56-55(45)62-61(82-30-83-62)32(2)60(56)84-33(3)73)58(72)57(71(43)8)54(37)63(59(31)80-10)88-53(77)23-36-21-51(75)86-47-25-39(70(6)7)12-14-41(36)47/h11-14,17,19-21,24-26,43-45,57-58,64,68H,15-16,18,22-23,28-30H2,1-10H3/t43-,44-,45-,57+,58?,64+,66+/m0/s1. The van der Waals surface area contributed by atoms with Crippen LogP contribution in [0.5, 0.6) is 40.2 Å². The molecule has 0 aliphatic carbocycles. The molecule has 460 valence electrons. The number of anilines is 2. The van der Waals surface area contributed by atoms with E-state index in [0.717, 1.165) is 16.9 Å². The summed E-state index contributed by atoms with van der Waals surface area (Å²) in [6.45, 7) is 4.78. The highest BCUT2D eigenvalue weighted by molar-refractivity contribution is 7.99. The summed E-state index contributed by atoms with van der Waals surface area (Å²) in [4.78, 5) is 91.8. The van der Waals surface area contributed by atoms with Gasteiger partial charge in [0, 0.05) is 128 Å². The van der Waals surface area contributed by atoms with E-state index in [2.05, 4.69) is 21.2 Å². The molecule has 0 amide bonds. The van der Waals surface area contributed by atoms with Crippen molar-refractivity contribution in [1.29, 1.82) is 5.26 Å². The second-order valence-electron chi connectivity index (χ2n) is 23.7. The molecular formula is C66H64N6O16S. The van der Waals surface area contributed by atoms with Crippen molar-refractivity contribution in [3.8, 4) is 46.3 Å². The lowest BCUT2D eigenvalue weighted by atomic mass is 9.71. The van der Waals surface area contributed by atoms with Crippen molar-refractivity contribution < 1.29 is 65.9 Å². The number of benzene rings is 5. The average Bonchev–Trinajstić information content (AvgIpc) is 1.37. The number of carbonyl (C=O) groups is 4. The van der Waals surface area contributed by atoms with Crippen LogP contribution in [0.25, 0.3) is 21.9 Å². The number of hydrogen-bond donors (Lipinski definition) is 1. The summed E-state index contributed by atoms with van der Waals surface area (Å²) in [5.41, 5.74) is 5.10. The predicted molar refractivity (Wildman–Crippen MR) is 327 cm³/mol. The van der Waals surface area contributed by atoms with Gasteiger partial charge in [0.2, 0.25) is 6.79 Å². The SMILES string of the molecule is COc1cc2c(cc1OC(=O)Cc1cc(=O)oc3cc(N(C)C)ccc13)CCN[C@]21CS[C@@H]2c3c(OC(C)=O)c(C)c4c(c3[C@H](COC1=O)N1C2[C@H]2c3c(cc(C)c(OC)c3OC(=O)Cc3cc(=O)oc5cc(N(C)C)ccc35)C[C@@H]([C@@H]1C#N)N2C)OCO4. The number of hydrogen-bond acceptors (Lipinski definition) is 23. The van der Waals surface area contributed by atoms with Crippen molar-refractivity contribution in [3.63, 3.8) is 0 Å². The van der Waals surface area contributed by atoms with Crippen molar-refractivity contribution >= 4 is 69.0 Å². The second-order valence-corrected chi connectivity index (χ2v) is 24.8. The molecule has 14 rings (SSSR count). The first-order valence-corrected chi connectivity index (χ1v) is 30.2. The highest BCUT2D eigenvalue weighted by Gasteiger charge is 2.62. The number of likely N-dealkylation sites (N-methyl/N-ethyl adjacent to an activating group) is 1. The summed E-state index contributed by atoms with van der Waals surface area (Å²) in [6.07, 6.45) is 0.149. The number of esters is 4. The van der Waals surface area contributed by atoms with E-state index < -0.39 is 76.1 Å². The largest absolute Gasteiger partial charge is 0.493 e. The first-order chi connectivity index (χ1) is 42.7. The highest BCUT2D eigenvalue weighted by Crippen LogP contribution is 2.65. The molecule has 1 spiro atoms. The van der Waals surface area contributed by atoms with Crippen molar-refractivity contribution in [2.24, 2.45) is 0 Å². The van der Waals surface area contributed by atoms with E-state index in [1.807, 2.05) is 70.2 Å². The van der Waals surface area contributed by atoms with E-state index in [9.17, 15) is 29.2 Å². The molecule has 7 aliphatic rings. The molecule has 2 fully saturated rings. The summed E-state index contributed by atoms with van der Waals surface area (Å²) in [5, 5.41) is 15.6. The maximum absolute atomic E-state index is 15.6. The Kier molecular flexibility index (Phi) is 14.9. The Morgan fingerprint density at radius 1 is 0.753 bits per heavy atom. The van der Waals surface area contributed by atoms with Gasteiger partial charge in [-0.15, -0.1) is 11.8 Å². The molecule has 2 saturated heterocycles. The van der Waals surface area contributed by atoms with Crippen molar-refractivity contribution in [2.45, 2.75) is 87.5 Å². The Morgan fingerprint density at radius 3 is 2.02 bits per heavy atom. The van der Waals surface area contributed by atoms with Gasteiger partial charge in [0.1, 0.15) is 29.6 Å². The molecule has 4 bridgehead atoms. The van der Waals surface area contributed by atoms with Crippen LogP contribution in [0.1, 0.15) is 79.9 Å². The minimum atomic E-state index is -1.60. The van der Waals surface area contributed by atoms with Crippen LogP contribution >= 0.6 is 11.8 Å². The highest BCUT2D eigenvalue weighted by atomic mass is 32.2. The Labute approximate surface area is 515 Å². The molecule has 7 atom stereocenters. The number of methoxy groups -OCH3 is 2. The lowest BCUT2D eigenvalue weighted by Crippen LogP contribution is -2.69. The van der Waals surface area contributed by atoms with E-state index in [4.69, 9.17) is 46.7 Å². The van der Waals surface area contributed by atoms with Crippen molar-refractivity contribution in [3.05, 3.63) is 143 Å². The fraction of sp³-hybridized carbons (Fsp3) is 0.379. The minimum absolute atomic E-state index is 0.0233. The molecule has 7 aliphatic heterocycles. The van der Waals surface area contributed by atoms with Crippen LogP contribution in [-0.4, -0.2) is 127 Å². The number of nitriles is 1. The summed E-state index contributed by atoms with van der Waals surface area (Å²) < 4.78 is 61.6. The minimum Gasteiger partial charge on any atom is -0.493 e. The molecule has 0 radical (unpaired) electrons. The van der Waals surface area contributed by atoms with Crippen LogP contribution in [0.2, 0.25) is 0 Å². The Morgan fingerprint density at radius 2 is 1.40 bits per heavy atom. The van der Waals surface area contributed by atoms with Crippen LogP contribution in [-0.2, 0) is 55.1 Å². The topological polar surface area (TPSA) is 251 Å². The lowest BCUT2D eigenvalue weighted by molar-refractivity contribution is -0.157. The zero-order valence-electron chi connectivity index (χ0n) is 50.6. The normalized spacial score (nSPS) is 22.2. The number of thioether (sulfide) groups is 1. The number of ether oxygens (including phenoxy) is 8. The number of fused-ring (bicyclic) bond motifs is 11. The van der Waals surface area contributed by atoms with Crippen LogP contribution < -0.4 is 59.5 Å². The van der Waals surface area contributed by atoms with Gasteiger partial charge in [-0.3, -0.25) is 29.5 Å².